The van der Waals surface area contributed by atoms with E-state index in [1.807, 2.05) is 6.20 Å². The van der Waals surface area contributed by atoms with E-state index >= 15 is 0 Å². The van der Waals surface area contributed by atoms with Gasteiger partial charge < -0.3 is 0 Å². The van der Waals surface area contributed by atoms with Crippen molar-refractivity contribution in [2.24, 2.45) is 5.41 Å². The van der Waals surface area contributed by atoms with Crippen LogP contribution in [0.2, 0.25) is 17.3 Å². The second-order valence-electron chi connectivity index (χ2n) is 11.2. The number of rotatable bonds is 2. The molecule has 1 aliphatic rings. The Balaban J connectivity index is 1.90. The van der Waals surface area contributed by atoms with Crippen LogP contribution in [0, 0.1) is 12.3 Å². The van der Waals surface area contributed by atoms with E-state index in [4.69, 9.17) is 9.72 Å². The number of pyridine rings is 1. The molecule has 0 bridgehead atoms. The number of nitrogens with zero attached hydrogens (tertiary/aromatic N) is 1. The average molecular weight is 470 g/mol. The molecule has 2 heterocycles. The Morgan fingerprint density at radius 3 is 2.42 bits per heavy atom. The molecule has 31 heavy (non-hydrogen) atoms. The summed E-state index contributed by atoms with van der Waals surface area (Å²) in [4.78, 5) is 4.92. The Bertz CT molecular complexity index is 1360. The second kappa shape index (κ2) is 6.83. The van der Waals surface area contributed by atoms with Crippen molar-refractivity contribution in [1.82, 2.24) is 4.98 Å². The molecular formula is C28H31GeNO. The van der Waals surface area contributed by atoms with Crippen LogP contribution in [0.3, 0.4) is 0 Å². The Hall–Kier alpha value is -2.33. The molecule has 0 atom stereocenters. The quantitative estimate of drug-likeness (QED) is 0.248. The van der Waals surface area contributed by atoms with Gasteiger partial charge in [-0.15, -0.1) is 0 Å². The van der Waals surface area contributed by atoms with Crippen LogP contribution in [-0.4, -0.2) is 18.3 Å². The van der Waals surface area contributed by atoms with Crippen molar-refractivity contribution in [2.45, 2.75) is 51.4 Å². The maximum absolute atomic E-state index is 6.76. The minimum absolute atomic E-state index is 0.153. The fourth-order valence-corrected chi connectivity index (χ4v) is 10.0. The van der Waals surface area contributed by atoms with Gasteiger partial charge in [-0.3, -0.25) is 0 Å². The van der Waals surface area contributed by atoms with Crippen LogP contribution >= 0.6 is 0 Å². The number of ether oxygens (including phenoxy) is 1. The molecule has 0 radical (unpaired) electrons. The molecule has 0 fully saturated rings. The van der Waals surface area contributed by atoms with E-state index in [-0.39, 0.29) is 5.41 Å². The van der Waals surface area contributed by atoms with Gasteiger partial charge >= 0.3 is 188 Å². The van der Waals surface area contributed by atoms with E-state index in [9.17, 15) is 0 Å². The molecule has 4 aromatic rings. The molecule has 0 saturated carbocycles. The molecule has 3 heteroatoms. The number of hydrogen-bond donors (Lipinski definition) is 0. The Labute approximate surface area is 188 Å². The Morgan fingerprint density at radius 1 is 0.968 bits per heavy atom. The summed E-state index contributed by atoms with van der Waals surface area (Å²) in [6.45, 7) is 9.13. The van der Waals surface area contributed by atoms with Crippen molar-refractivity contribution in [1.29, 1.82) is 0 Å². The number of aromatic nitrogens is 1. The van der Waals surface area contributed by atoms with Crippen LogP contribution in [0.15, 0.2) is 48.7 Å². The van der Waals surface area contributed by atoms with E-state index in [0.717, 1.165) is 29.2 Å². The van der Waals surface area contributed by atoms with Crippen molar-refractivity contribution in [3.05, 3.63) is 59.8 Å². The molecule has 0 saturated heterocycles. The summed E-state index contributed by atoms with van der Waals surface area (Å²) in [6.07, 6.45) is 2.95. The van der Waals surface area contributed by atoms with Gasteiger partial charge in [0.25, 0.3) is 0 Å². The zero-order valence-corrected chi connectivity index (χ0v) is 21.8. The van der Waals surface area contributed by atoms with E-state index in [0.29, 0.717) is 0 Å². The first-order valence-corrected chi connectivity index (χ1v) is 18.5. The second-order valence-corrected chi connectivity index (χ2v) is 21.7. The third-order valence-electron chi connectivity index (χ3n) is 6.24. The van der Waals surface area contributed by atoms with Crippen molar-refractivity contribution >= 4 is 39.2 Å². The van der Waals surface area contributed by atoms with Gasteiger partial charge in [-0.1, -0.05) is 0 Å². The molecule has 0 unspecified atom stereocenters. The number of benzene rings is 3. The number of hydrogen-bond acceptors (Lipinski definition) is 2. The van der Waals surface area contributed by atoms with Crippen LogP contribution < -0.4 is 9.13 Å². The summed E-state index contributed by atoms with van der Waals surface area (Å²) in [7, 11) is 0. The van der Waals surface area contributed by atoms with Crippen molar-refractivity contribution in [3.63, 3.8) is 0 Å². The molecular weight excluding hydrogens is 439 g/mol. The van der Waals surface area contributed by atoms with Crippen LogP contribution in [0.5, 0.6) is 11.5 Å². The SMILES string of the molecule is Cc1cc2c3c(nccc3[c]1[Ge]([CH3])([CH3])[CH3])-c1cc3ccccc3c(CC(C)(C)C)c1O2. The van der Waals surface area contributed by atoms with Gasteiger partial charge in [0.1, 0.15) is 0 Å². The van der Waals surface area contributed by atoms with Gasteiger partial charge in [-0.25, -0.2) is 0 Å². The van der Waals surface area contributed by atoms with Crippen molar-refractivity contribution in [2.75, 3.05) is 0 Å². The summed E-state index contributed by atoms with van der Waals surface area (Å²) >= 11 is -2.09. The first kappa shape index (κ1) is 20.6. The van der Waals surface area contributed by atoms with E-state index in [1.165, 1.54) is 32.7 Å². The average Bonchev–Trinajstić information content (AvgIpc) is 2.66. The topological polar surface area (TPSA) is 22.1 Å². The molecule has 1 aliphatic heterocycles. The van der Waals surface area contributed by atoms with Crippen LogP contribution in [-0.2, 0) is 6.42 Å². The van der Waals surface area contributed by atoms with Gasteiger partial charge in [0.2, 0.25) is 0 Å². The number of fused-ring (bicyclic) bond motifs is 3. The maximum atomic E-state index is 6.76. The van der Waals surface area contributed by atoms with Gasteiger partial charge in [0.05, 0.1) is 0 Å². The summed E-state index contributed by atoms with van der Waals surface area (Å²) in [5, 5.41) is 5.06. The molecule has 0 N–H and O–H groups in total. The van der Waals surface area contributed by atoms with Gasteiger partial charge in [0.15, 0.2) is 0 Å². The van der Waals surface area contributed by atoms with Gasteiger partial charge in [0, 0.05) is 0 Å². The first-order valence-electron chi connectivity index (χ1n) is 11.2. The normalized spacial score (nSPS) is 13.4. The molecule has 0 aliphatic carbocycles. The summed E-state index contributed by atoms with van der Waals surface area (Å²) in [6, 6.07) is 15.4. The summed E-state index contributed by atoms with van der Waals surface area (Å²) in [5.74, 6) is 9.36. The van der Waals surface area contributed by atoms with E-state index in [2.05, 4.69) is 87.4 Å². The van der Waals surface area contributed by atoms with Crippen LogP contribution in [0.1, 0.15) is 31.9 Å². The monoisotopic (exact) mass is 471 g/mol. The fourth-order valence-electron chi connectivity index (χ4n) is 5.27. The van der Waals surface area contributed by atoms with E-state index in [1.54, 1.807) is 4.40 Å². The molecule has 3 aromatic carbocycles. The Morgan fingerprint density at radius 2 is 1.71 bits per heavy atom. The van der Waals surface area contributed by atoms with Gasteiger partial charge in [-0.2, -0.15) is 0 Å². The van der Waals surface area contributed by atoms with Crippen molar-refractivity contribution in [3.8, 4) is 22.8 Å². The molecule has 0 amide bonds. The van der Waals surface area contributed by atoms with Crippen LogP contribution in [0.4, 0.5) is 0 Å². The third-order valence-corrected chi connectivity index (χ3v) is 10.8. The summed E-state index contributed by atoms with van der Waals surface area (Å²) in [5.41, 5.74) is 5.00. The predicted molar refractivity (Wildman–Crippen MR) is 136 cm³/mol. The number of aryl methyl sites for hydroxylation is 1. The first-order chi connectivity index (χ1) is 14.5. The summed E-state index contributed by atoms with van der Waals surface area (Å²) < 4.78 is 8.32. The minimum atomic E-state index is -2.09. The van der Waals surface area contributed by atoms with E-state index < -0.39 is 13.3 Å². The molecule has 0 spiro atoms. The zero-order chi connectivity index (χ0) is 22.1. The molecule has 2 nitrogen and oxygen atoms in total. The third kappa shape index (κ3) is 3.36. The molecule has 158 valence electrons. The fraction of sp³-hybridized carbons (Fsp3) is 0.321. The Kier molecular flexibility index (Phi) is 4.53. The predicted octanol–water partition coefficient (Wildman–Crippen LogP) is 7.60. The van der Waals surface area contributed by atoms with Crippen molar-refractivity contribution < 1.29 is 4.74 Å². The molecule has 5 rings (SSSR count). The zero-order valence-electron chi connectivity index (χ0n) is 19.7. The van der Waals surface area contributed by atoms with Gasteiger partial charge in [-0.05, 0) is 0 Å². The standard InChI is InChI=1S/C28H31GeNO/c1-17-14-23-24-20(25(17)29(5,6)7)12-13-30-26(24)21-15-18-10-8-9-11-19(18)22(27(21)31-23)16-28(2,3)4/h8-15H,16H2,1-7H3. The molecule has 1 aromatic heterocycles. The van der Waals surface area contributed by atoms with Crippen LogP contribution in [0.25, 0.3) is 32.8 Å².